The average molecular weight is 276 g/mol. The third-order valence-electron chi connectivity index (χ3n) is 2.87. The summed E-state index contributed by atoms with van der Waals surface area (Å²) in [5.41, 5.74) is 1.03. The minimum Gasteiger partial charge on any atom is -0.489 e. The second-order valence-electron chi connectivity index (χ2n) is 4.26. The molecule has 0 radical (unpaired) electrons. The molecule has 0 saturated carbocycles. The average Bonchev–Trinajstić information content (AvgIpc) is 2.73. The van der Waals surface area contributed by atoms with Crippen LogP contribution in [0.4, 0.5) is 0 Å². The van der Waals surface area contributed by atoms with Crippen LogP contribution in [0.5, 0.6) is 11.5 Å². The highest BCUT2D eigenvalue weighted by atomic mass is 32.2. The number of rotatable bonds is 3. The minimum absolute atomic E-state index is 0.207. The van der Waals surface area contributed by atoms with Crippen LogP contribution >= 0.6 is 0 Å². The van der Waals surface area contributed by atoms with Crippen LogP contribution in [0, 0.1) is 0 Å². The van der Waals surface area contributed by atoms with Gasteiger partial charge in [0.2, 0.25) is 9.84 Å². The van der Waals surface area contributed by atoms with Crippen LogP contribution in [0.3, 0.4) is 0 Å². The van der Waals surface area contributed by atoms with E-state index in [0.29, 0.717) is 18.1 Å². The smallest absolute Gasteiger partial charge is 0.217 e. The topological polar surface area (TPSA) is 52.6 Å². The molecule has 4 nitrogen and oxygen atoms in total. The van der Waals surface area contributed by atoms with Gasteiger partial charge in [0, 0.05) is 6.07 Å². The second kappa shape index (κ2) is 4.59. The van der Waals surface area contributed by atoms with Gasteiger partial charge < -0.3 is 9.47 Å². The van der Waals surface area contributed by atoms with Crippen molar-refractivity contribution in [3.8, 4) is 11.5 Å². The summed E-state index contributed by atoms with van der Waals surface area (Å²) in [6.45, 7) is 0.403. The van der Waals surface area contributed by atoms with Crippen molar-refractivity contribution in [1.82, 2.24) is 0 Å². The van der Waals surface area contributed by atoms with Gasteiger partial charge in [-0.25, -0.2) is 8.42 Å². The number of ether oxygens (including phenoxy) is 2. The molecule has 0 N–H and O–H groups in total. The molecule has 0 fully saturated rings. The van der Waals surface area contributed by atoms with Gasteiger partial charge in [-0.1, -0.05) is 30.3 Å². The predicted molar refractivity (Wildman–Crippen MR) is 69.9 cm³/mol. The third kappa shape index (κ3) is 2.42. The fourth-order valence-electron chi connectivity index (χ4n) is 1.89. The molecule has 19 heavy (non-hydrogen) atoms. The summed E-state index contributed by atoms with van der Waals surface area (Å²) in [7, 11) is -3.31. The second-order valence-corrected chi connectivity index (χ2v) is 6.16. The molecular formula is C14H12O4S. The zero-order valence-electron chi connectivity index (χ0n) is 10.1. The maximum atomic E-state index is 11.7. The third-order valence-corrected chi connectivity index (χ3v) is 4.29. The first-order chi connectivity index (χ1) is 9.15. The molecule has 0 aliphatic carbocycles. The molecule has 0 saturated heterocycles. The molecule has 0 aromatic heterocycles. The highest BCUT2D eigenvalue weighted by molar-refractivity contribution is 7.91. The van der Waals surface area contributed by atoms with E-state index in [1.165, 1.54) is 6.07 Å². The molecule has 0 atom stereocenters. The molecule has 1 aliphatic rings. The van der Waals surface area contributed by atoms with E-state index in [4.69, 9.17) is 9.47 Å². The molecule has 2 aromatic rings. The molecule has 0 bridgehead atoms. The molecule has 5 heteroatoms. The summed E-state index contributed by atoms with van der Waals surface area (Å²) in [5.74, 6) is 0.633. The summed E-state index contributed by atoms with van der Waals surface area (Å²) < 4.78 is 34.1. The normalized spacial score (nSPS) is 15.6. The Balaban J connectivity index is 1.80. The summed E-state index contributed by atoms with van der Waals surface area (Å²) in [6.07, 6.45) is 0. The standard InChI is InChI=1S/C14H12O4S/c15-19(16)10-18-13-7-6-12(8-14(13)19)17-9-11-4-2-1-3-5-11/h1-8H,9-10H2. The molecule has 0 spiro atoms. The Morgan fingerprint density at radius 3 is 2.68 bits per heavy atom. The molecule has 1 aliphatic heterocycles. The summed E-state index contributed by atoms with van der Waals surface area (Å²) >= 11 is 0. The SMILES string of the molecule is O=S1(=O)COc2ccc(OCc3ccccc3)cc21. The molecule has 1 heterocycles. The Bertz CT molecular complexity index is 693. The number of sulfone groups is 1. The molecule has 0 amide bonds. The highest BCUT2D eigenvalue weighted by Gasteiger charge is 2.28. The van der Waals surface area contributed by atoms with Crippen LogP contribution < -0.4 is 9.47 Å². The van der Waals surface area contributed by atoms with E-state index >= 15 is 0 Å². The lowest BCUT2D eigenvalue weighted by molar-refractivity contribution is 0.304. The van der Waals surface area contributed by atoms with Gasteiger partial charge in [-0.3, -0.25) is 0 Å². The Morgan fingerprint density at radius 2 is 1.89 bits per heavy atom. The van der Waals surface area contributed by atoms with Crippen LogP contribution in [0.25, 0.3) is 0 Å². The first kappa shape index (κ1) is 12.0. The van der Waals surface area contributed by atoms with Crippen molar-refractivity contribution >= 4 is 9.84 Å². The summed E-state index contributed by atoms with van der Waals surface area (Å²) in [4.78, 5) is 0.207. The maximum absolute atomic E-state index is 11.7. The van der Waals surface area contributed by atoms with E-state index in [1.54, 1.807) is 12.1 Å². The first-order valence-corrected chi connectivity index (χ1v) is 7.47. The van der Waals surface area contributed by atoms with E-state index in [9.17, 15) is 8.42 Å². The van der Waals surface area contributed by atoms with Gasteiger partial charge in [0.05, 0.1) is 0 Å². The van der Waals surface area contributed by atoms with Crippen LogP contribution in [0.1, 0.15) is 5.56 Å². The molecular weight excluding hydrogens is 264 g/mol. The predicted octanol–water partition coefficient (Wildman–Crippen LogP) is 2.39. The van der Waals surface area contributed by atoms with Crippen LogP contribution in [0.15, 0.2) is 53.4 Å². The van der Waals surface area contributed by atoms with Crippen molar-refractivity contribution < 1.29 is 17.9 Å². The zero-order chi connectivity index (χ0) is 13.3. The van der Waals surface area contributed by atoms with E-state index in [0.717, 1.165) is 5.56 Å². The number of benzene rings is 2. The number of hydrogen-bond acceptors (Lipinski definition) is 4. The lowest BCUT2D eigenvalue weighted by Gasteiger charge is -2.07. The minimum atomic E-state index is -3.31. The quantitative estimate of drug-likeness (QED) is 0.863. The lowest BCUT2D eigenvalue weighted by atomic mass is 10.2. The Labute approximate surface area is 111 Å². The number of hydrogen-bond donors (Lipinski definition) is 0. The Hall–Kier alpha value is -2.01. The fourth-order valence-corrected chi connectivity index (χ4v) is 3.02. The van der Waals surface area contributed by atoms with Crippen LogP contribution in [0.2, 0.25) is 0 Å². The molecule has 3 rings (SSSR count). The highest BCUT2D eigenvalue weighted by Crippen LogP contribution is 2.34. The van der Waals surface area contributed by atoms with E-state index < -0.39 is 9.84 Å². The van der Waals surface area contributed by atoms with Gasteiger partial charge in [0.1, 0.15) is 23.0 Å². The molecule has 2 aromatic carbocycles. The number of fused-ring (bicyclic) bond motifs is 1. The summed E-state index contributed by atoms with van der Waals surface area (Å²) in [5, 5.41) is 0. The lowest BCUT2D eigenvalue weighted by Crippen LogP contribution is -2.01. The van der Waals surface area contributed by atoms with Crippen molar-refractivity contribution in [3.05, 3.63) is 54.1 Å². The molecule has 0 unspecified atom stereocenters. The van der Waals surface area contributed by atoms with E-state index in [-0.39, 0.29) is 10.8 Å². The van der Waals surface area contributed by atoms with Crippen molar-refractivity contribution in [1.29, 1.82) is 0 Å². The van der Waals surface area contributed by atoms with E-state index in [1.807, 2.05) is 30.3 Å². The molecule has 98 valence electrons. The van der Waals surface area contributed by atoms with Crippen molar-refractivity contribution in [2.75, 3.05) is 5.94 Å². The van der Waals surface area contributed by atoms with Crippen LogP contribution in [-0.4, -0.2) is 14.4 Å². The first-order valence-electron chi connectivity index (χ1n) is 5.81. The van der Waals surface area contributed by atoms with Gasteiger partial charge in [0.25, 0.3) is 0 Å². The van der Waals surface area contributed by atoms with Gasteiger partial charge in [-0.15, -0.1) is 0 Å². The van der Waals surface area contributed by atoms with Crippen LogP contribution in [-0.2, 0) is 16.4 Å². The largest absolute Gasteiger partial charge is 0.489 e. The van der Waals surface area contributed by atoms with Crippen molar-refractivity contribution in [2.24, 2.45) is 0 Å². The van der Waals surface area contributed by atoms with Crippen molar-refractivity contribution in [2.45, 2.75) is 11.5 Å². The summed E-state index contributed by atoms with van der Waals surface area (Å²) in [6, 6.07) is 14.5. The Morgan fingerprint density at radius 1 is 1.11 bits per heavy atom. The Kier molecular flexibility index (Phi) is 2.91. The van der Waals surface area contributed by atoms with Gasteiger partial charge >= 0.3 is 0 Å². The van der Waals surface area contributed by atoms with Gasteiger partial charge in [-0.2, -0.15) is 0 Å². The maximum Gasteiger partial charge on any atom is 0.217 e. The zero-order valence-corrected chi connectivity index (χ0v) is 10.9. The van der Waals surface area contributed by atoms with Gasteiger partial charge in [-0.05, 0) is 17.7 Å². The van der Waals surface area contributed by atoms with E-state index in [2.05, 4.69) is 0 Å². The van der Waals surface area contributed by atoms with Gasteiger partial charge in [0.15, 0.2) is 5.94 Å². The fraction of sp³-hybridized carbons (Fsp3) is 0.143. The monoisotopic (exact) mass is 276 g/mol. The van der Waals surface area contributed by atoms with Crippen molar-refractivity contribution in [3.63, 3.8) is 0 Å².